The van der Waals surface area contributed by atoms with Crippen molar-refractivity contribution < 1.29 is 14.3 Å². The number of carbonyl (C=O) groups is 2. The summed E-state index contributed by atoms with van der Waals surface area (Å²) in [6, 6.07) is 0. The van der Waals surface area contributed by atoms with Gasteiger partial charge in [-0.05, 0) is 0 Å². The first-order chi connectivity index (χ1) is 5.20. The maximum Gasteiger partial charge on any atom is 0.349 e. The lowest BCUT2D eigenvalue weighted by atomic mass is 10.2. The number of carbonyl (C=O) groups excluding carboxylic acids is 2. The molecule has 2 rings (SSSR count). The summed E-state index contributed by atoms with van der Waals surface area (Å²) in [4.78, 5) is 21.6. The Kier molecular flexibility index (Phi) is 1.27. The average molecular weight is 189 g/mol. The summed E-state index contributed by atoms with van der Waals surface area (Å²) < 4.78 is 4.61. The van der Waals surface area contributed by atoms with Gasteiger partial charge >= 0.3 is 11.9 Å². The van der Waals surface area contributed by atoms with Gasteiger partial charge in [0.05, 0.1) is 5.56 Å². The Morgan fingerprint density at radius 3 is 2.73 bits per heavy atom. The summed E-state index contributed by atoms with van der Waals surface area (Å²) in [7, 11) is 0. The minimum atomic E-state index is -0.642. The zero-order valence-corrected chi connectivity index (χ0v) is 6.66. The fourth-order valence-corrected chi connectivity index (χ4v) is 1.92. The fourth-order valence-electron chi connectivity index (χ4n) is 0.865. The number of esters is 2. The highest BCUT2D eigenvalue weighted by atomic mass is 35.5. The van der Waals surface area contributed by atoms with E-state index in [-0.39, 0.29) is 11.1 Å². The van der Waals surface area contributed by atoms with Crippen molar-refractivity contribution in [3.05, 3.63) is 20.8 Å². The number of hydrogen-bond donors (Lipinski definition) is 0. The van der Waals surface area contributed by atoms with E-state index in [1.807, 2.05) is 0 Å². The van der Waals surface area contributed by atoms with Crippen molar-refractivity contribution in [3.8, 4) is 0 Å². The van der Waals surface area contributed by atoms with Crippen LogP contribution >= 0.6 is 22.9 Å². The molecule has 0 N–H and O–H groups in total. The molecule has 0 amide bonds. The fraction of sp³-hybridized carbons (Fsp3) is 0. The van der Waals surface area contributed by atoms with Crippen LogP contribution in [0.25, 0.3) is 0 Å². The Balaban J connectivity index is 2.72. The van der Waals surface area contributed by atoms with E-state index >= 15 is 0 Å². The normalized spacial score (nSPS) is 15.0. The summed E-state index contributed by atoms with van der Waals surface area (Å²) in [5, 5.41) is 1.52. The van der Waals surface area contributed by atoms with Gasteiger partial charge in [-0.1, -0.05) is 11.6 Å². The standard InChI is InChI=1S/C6HClO3S/c7-4-3-2(1-11-4)5(8)10-6(3)9/h1H. The van der Waals surface area contributed by atoms with Crippen LogP contribution in [0.3, 0.4) is 0 Å². The summed E-state index contributed by atoms with van der Waals surface area (Å²) in [6.45, 7) is 0. The van der Waals surface area contributed by atoms with Crippen LogP contribution in [-0.4, -0.2) is 11.9 Å². The van der Waals surface area contributed by atoms with Crippen LogP contribution in [0.2, 0.25) is 4.34 Å². The van der Waals surface area contributed by atoms with Crippen LogP contribution < -0.4 is 0 Å². The molecular weight excluding hydrogens is 188 g/mol. The molecule has 1 aliphatic rings. The SMILES string of the molecule is O=C1OC(=O)c2c1csc2Cl. The van der Waals surface area contributed by atoms with Gasteiger partial charge in [-0.15, -0.1) is 11.3 Å². The molecule has 2 heterocycles. The first kappa shape index (κ1) is 6.82. The highest BCUT2D eigenvalue weighted by molar-refractivity contribution is 7.15. The third kappa shape index (κ3) is 0.797. The van der Waals surface area contributed by atoms with Gasteiger partial charge in [-0.3, -0.25) is 0 Å². The van der Waals surface area contributed by atoms with E-state index in [2.05, 4.69) is 4.74 Å². The third-order valence-corrected chi connectivity index (χ3v) is 2.58. The van der Waals surface area contributed by atoms with Crippen LogP contribution in [0.1, 0.15) is 20.7 Å². The van der Waals surface area contributed by atoms with Gasteiger partial charge in [-0.2, -0.15) is 0 Å². The molecule has 0 unspecified atom stereocenters. The minimum absolute atomic E-state index is 0.210. The Hall–Kier alpha value is -0.870. The van der Waals surface area contributed by atoms with Gasteiger partial charge < -0.3 is 4.74 Å². The lowest BCUT2D eigenvalue weighted by Gasteiger charge is -1.85. The molecule has 5 heteroatoms. The number of rotatable bonds is 0. The zero-order chi connectivity index (χ0) is 8.01. The first-order valence-electron chi connectivity index (χ1n) is 2.73. The molecule has 0 aromatic carbocycles. The maximum atomic E-state index is 10.8. The highest BCUT2D eigenvalue weighted by Crippen LogP contribution is 2.32. The topological polar surface area (TPSA) is 43.4 Å². The van der Waals surface area contributed by atoms with Crippen LogP contribution in [0, 0.1) is 0 Å². The molecule has 1 aromatic rings. The molecule has 3 nitrogen and oxygen atoms in total. The average Bonchev–Trinajstić information content (AvgIpc) is 2.41. The summed E-state index contributed by atoms with van der Waals surface area (Å²) in [5.41, 5.74) is 0.492. The van der Waals surface area contributed by atoms with E-state index in [0.717, 1.165) is 11.3 Å². The molecular formula is C6HClO3S. The molecule has 1 aliphatic heterocycles. The molecule has 0 saturated carbocycles. The van der Waals surface area contributed by atoms with Crippen molar-refractivity contribution in [2.24, 2.45) is 0 Å². The van der Waals surface area contributed by atoms with E-state index < -0.39 is 11.9 Å². The predicted molar refractivity (Wildman–Crippen MR) is 39.1 cm³/mol. The van der Waals surface area contributed by atoms with Crippen LogP contribution in [0.5, 0.6) is 0 Å². The van der Waals surface area contributed by atoms with Crippen molar-refractivity contribution in [2.75, 3.05) is 0 Å². The third-order valence-electron chi connectivity index (χ3n) is 1.36. The monoisotopic (exact) mass is 188 g/mol. The van der Waals surface area contributed by atoms with Crippen molar-refractivity contribution in [3.63, 3.8) is 0 Å². The van der Waals surface area contributed by atoms with E-state index in [4.69, 9.17) is 11.6 Å². The van der Waals surface area contributed by atoms with Crippen LogP contribution in [0.15, 0.2) is 5.38 Å². The highest BCUT2D eigenvalue weighted by Gasteiger charge is 2.33. The molecule has 0 spiro atoms. The molecule has 0 fully saturated rings. The molecule has 0 bridgehead atoms. The maximum absolute atomic E-state index is 10.8. The first-order valence-corrected chi connectivity index (χ1v) is 3.99. The number of fused-ring (bicyclic) bond motifs is 1. The van der Waals surface area contributed by atoms with Gasteiger partial charge in [0.1, 0.15) is 9.90 Å². The number of hydrogen-bond acceptors (Lipinski definition) is 4. The second-order valence-corrected chi connectivity index (χ2v) is 3.46. The predicted octanol–water partition coefficient (Wildman–Crippen LogP) is 1.71. The van der Waals surface area contributed by atoms with Crippen molar-refractivity contribution >= 4 is 34.9 Å². The second-order valence-electron chi connectivity index (χ2n) is 1.98. The Morgan fingerprint density at radius 1 is 1.36 bits per heavy atom. The van der Waals surface area contributed by atoms with Gasteiger partial charge in [0.25, 0.3) is 0 Å². The van der Waals surface area contributed by atoms with Gasteiger partial charge in [0.2, 0.25) is 0 Å². The summed E-state index contributed by atoms with van der Waals surface area (Å²) >= 11 is 6.77. The molecule has 1 aromatic heterocycles. The van der Waals surface area contributed by atoms with Crippen molar-refractivity contribution in [1.82, 2.24) is 0 Å². The van der Waals surface area contributed by atoms with Gasteiger partial charge in [0, 0.05) is 5.38 Å². The van der Waals surface area contributed by atoms with E-state index in [9.17, 15) is 9.59 Å². The number of ether oxygens (including phenoxy) is 1. The van der Waals surface area contributed by atoms with E-state index in [1.165, 1.54) is 5.38 Å². The largest absolute Gasteiger partial charge is 0.386 e. The molecule has 0 radical (unpaired) electrons. The Labute approximate surface area is 70.5 Å². The number of thiophene rings is 1. The lowest BCUT2D eigenvalue weighted by Crippen LogP contribution is -1.97. The summed E-state index contributed by atoms with van der Waals surface area (Å²) in [5.74, 6) is -1.25. The molecule has 0 atom stereocenters. The van der Waals surface area contributed by atoms with E-state index in [0.29, 0.717) is 4.34 Å². The quantitative estimate of drug-likeness (QED) is 0.460. The van der Waals surface area contributed by atoms with Crippen LogP contribution in [0.4, 0.5) is 0 Å². The Bertz CT molecular complexity index is 355. The molecule has 0 aliphatic carbocycles. The van der Waals surface area contributed by atoms with Crippen molar-refractivity contribution in [1.29, 1.82) is 0 Å². The second kappa shape index (κ2) is 2.06. The van der Waals surface area contributed by atoms with Gasteiger partial charge in [-0.25, -0.2) is 9.59 Å². The Morgan fingerprint density at radius 2 is 2.09 bits per heavy atom. The van der Waals surface area contributed by atoms with E-state index in [1.54, 1.807) is 0 Å². The smallest absolute Gasteiger partial charge is 0.349 e. The molecule has 11 heavy (non-hydrogen) atoms. The zero-order valence-electron chi connectivity index (χ0n) is 5.09. The van der Waals surface area contributed by atoms with Crippen LogP contribution in [-0.2, 0) is 4.74 Å². The molecule has 0 saturated heterocycles. The lowest BCUT2D eigenvalue weighted by molar-refractivity contribution is 0.0444. The van der Waals surface area contributed by atoms with Crippen molar-refractivity contribution in [2.45, 2.75) is 0 Å². The molecule has 56 valence electrons. The van der Waals surface area contributed by atoms with Gasteiger partial charge in [0.15, 0.2) is 0 Å². The number of cyclic esters (lactones) is 2. The minimum Gasteiger partial charge on any atom is -0.386 e. The number of halogens is 1. The summed E-state index contributed by atoms with van der Waals surface area (Å²) in [6.07, 6.45) is 0.